The molecule has 6 nitrogen and oxygen atoms in total. The Labute approximate surface area is 122 Å². The minimum atomic E-state index is -3.67. The Morgan fingerprint density at radius 2 is 2.15 bits per heavy atom. The predicted molar refractivity (Wildman–Crippen MR) is 78.0 cm³/mol. The number of nitrogens with zero attached hydrogens (tertiary/aromatic N) is 2. The monoisotopic (exact) mass is 314 g/mol. The molecular formula is C12H15ClN4O2S. The maximum absolute atomic E-state index is 12.1. The third-order valence-electron chi connectivity index (χ3n) is 2.84. The number of hydrogen-bond donors (Lipinski definition) is 2. The fraction of sp³-hybridized carbons (Fsp3) is 0.250. The molecule has 0 bridgehead atoms. The maximum atomic E-state index is 12.1. The second-order valence-corrected chi connectivity index (χ2v) is 6.43. The number of benzene rings is 1. The Hall–Kier alpha value is -1.57. The Balaban J connectivity index is 2.08. The average Bonchev–Trinajstić information content (AvgIpc) is 2.78. The summed E-state index contributed by atoms with van der Waals surface area (Å²) in [5.74, 6) is 0. The first-order valence-corrected chi connectivity index (χ1v) is 7.78. The molecule has 2 aromatic rings. The van der Waals surface area contributed by atoms with Crippen molar-refractivity contribution in [2.45, 2.75) is 11.3 Å². The summed E-state index contributed by atoms with van der Waals surface area (Å²) in [6.45, 7) is 0.257. The molecule has 0 saturated carbocycles. The molecule has 1 aromatic carbocycles. The summed E-state index contributed by atoms with van der Waals surface area (Å²) in [7, 11) is -1.87. The first-order chi connectivity index (χ1) is 9.40. The van der Waals surface area contributed by atoms with Gasteiger partial charge in [-0.05, 0) is 24.3 Å². The van der Waals surface area contributed by atoms with E-state index in [9.17, 15) is 8.42 Å². The quantitative estimate of drug-likeness (QED) is 0.811. The molecule has 0 spiro atoms. The van der Waals surface area contributed by atoms with Crippen molar-refractivity contribution in [3.05, 3.63) is 41.2 Å². The molecule has 1 aromatic heterocycles. The van der Waals surface area contributed by atoms with Gasteiger partial charge in [0.25, 0.3) is 0 Å². The van der Waals surface area contributed by atoms with E-state index in [2.05, 4.69) is 9.82 Å². The van der Waals surface area contributed by atoms with E-state index in [1.54, 1.807) is 24.0 Å². The third kappa shape index (κ3) is 3.30. The lowest BCUT2D eigenvalue weighted by atomic mass is 10.3. The van der Waals surface area contributed by atoms with E-state index in [-0.39, 0.29) is 16.5 Å². The summed E-state index contributed by atoms with van der Waals surface area (Å²) < 4.78 is 28.5. The smallest absolute Gasteiger partial charge is 0.242 e. The number of aryl methyl sites for hydroxylation is 1. The van der Waals surface area contributed by atoms with Crippen molar-refractivity contribution in [2.24, 2.45) is 7.05 Å². The summed E-state index contributed by atoms with van der Waals surface area (Å²) in [5.41, 5.74) is 6.87. The molecule has 0 fully saturated rings. The highest BCUT2D eigenvalue weighted by atomic mass is 35.5. The predicted octanol–water partition coefficient (Wildman–Crippen LogP) is 1.18. The highest BCUT2D eigenvalue weighted by Gasteiger charge is 2.17. The Morgan fingerprint density at radius 1 is 1.40 bits per heavy atom. The van der Waals surface area contributed by atoms with Gasteiger partial charge in [-0.1, -0.05) is 11.6 Å². The van der Waals surface area contributed by atoms with Crippen LogP contribution in [0.3, 0.4) is 0 Å². The second-order valence-electron chi connectivity index (χ2n) is 4.28. The molecule has 0 aliphatic rings. The molecule has 3 N–H and O–H groups in total. The largest absolute Gasteiger partial charge is 0.399 e. The molecule has 20 heavy (non-hydrogen) atoms. The maximum Gasteiger partial charge on any atom is 0.242 e. The van der Waals surface area contributed by atoms with Gasteiger partial charge >= 0.3 is 0 Å². The van der Waals surface area contributed by atoms with Crippen molar-refractivity contribution < 1.29 is 8.42 Å². The SMILES string of the molecule is Cn1nccc1CCNS(=O)(=O)c1cc(N)ccc1Cl. The van der Waals surface area contributed by atoms with Gasteiger partial charge in [0.2, 0.25) is 10.0 Å². The highest BCUT2D eigenvalue weighted by molar-refractivity contribution is 7.89. The van der Waals surface area contributed by atoms with Crippen molar-refractivity contribution in [1.82, 2.24) is 14.5 Å². The van der Waals surface area contributed by atoms with Crippen LogP contribution in [0.25, 0.3) is 0 Å². The molecule has 0 aliphatic heterocycles. The molecular weight excluding hydrogens is 300 g/mol. The average molecular weight is 315 g/mol. The zero-order chi connectivity index (χ0) is 14.8. The lowest BCUT2D eigenvalue weighted by Crippen LogP contribution is -2.26. The van der Waals surface area contributed by atoms with Gasteiger partial charge in [0.05, 0.1) is 5.02 Å². The van der Waals surface area contributed by atoms with Crippen LogP contribution in [0.15, 0.2) is 35.4 Å². The highest BCUT2D eigenvalue weighted by Crippen LogP contribution is 2.23. The Morgan fingerprint density at radius 3 is 2.80 bits per heavy atom. The van der Waals surface area contributed by atoms with Gasteiger partial charge in [-0.2, -0.15) is 5.10 Å². The van der Waals surface area contributed by atoms with Crippen LogP contribution >= 0.6 is 11.6 Å². The van der Waals surface area contributed by atoms with Crippen LogP contribution in [-0.2, 0) is 23.5 Å². The molecule has 0 amide bonds. The summed E-state index contributed by atoms with van der Waals surface area (Å²) in [6.07, 6.45) is 2.20. The van der Waals surface area contributed by atoms with E-state index < -0.39 is 10.0 Å². The van der Waals surface area contributed by atoms with Crippen molar-refractivity contribution in [1.29, 1.82) is 0 Å². The number of rotatable bonds is 5. The lowest BCUT2D eigenvalue weighted by molar-refractivity contribution is 0.580. The normalized spacial score (nSPS) is 11.7. The van der Waals surface area contributed by atoms with E-state index in [1.165, 1.54) is 12.1 Å². The van der Waals surface area contributed by atoms with Crippen molar-refractivity contribution in [3.8, 4) is 0 Å². The molecule has 0 aliphatic carbocycles. The van der Waals surface area contributed by atoms with E-state index >= 15 is 0 Å². The van der Waals surface area contributed by atoms with Crippen molar-refractivity contribution in [2.75, 3.05) is 12.3 Å². The van der Waals surface area contributed by atoms with Crippen LogP contribution in [0.4, 0.5) is 5.69 Å². The minimum absolute atomic E-state index is 0.0100. The summed E-state index contributed by atoms with van der Waals surface area (Å²) in [4.78, 5) is -0.0100. The molecule has 0 saturated heterocycles. The van der Waals surface area contributed by atoms with Gasteiger partial charge in [-0.15, -0.1) is 0 Å². The minimum Gasteiger partial charge on any atom is -0.399 e. The fourth-order valence-electron chi connectivity index (χ4n) is 1.76. The van der Waals surface area contributed by atoms with E-state index in [0.717, 1.165) is 5.69 Å². The first-order valence-electron chi connectivity index (χ1n) is 5.92. The van der Waals surface area contributed by atoms with Crippen LogP contribution in [0.5, 0.6) is 0 Å². The number of nitrogen functional groups attached to an aromatic ring is 1. The zero-order valence-corrected chi connectivity index (χ0v) is 12.4. The van der Waals surface area contributed by atoms with Crippen molar-refractivity contribution in [3.63, 3.8) is 0 Å². The first kappa shape index (κ1) is 14.8. The van der Waals surface area contributed by atoms with Crippen LogP contribution in [0.2, 0.25) is 5.02 Å². The van der Waals surface area contributed by atoms with Crippen LogP contribution < -0.4 is 10.5 Å². The number of sulfonamides is 1. The number of hydrogen-bond acceptors (Lipinski definition) is 4. The summed E-state index contributed by atoms with van der Waals surface area (Å²) >= 11 is 5.90. The van der Waals surface area contributed by atoms with Gasteiger partial charge in [0.15, 0.2) is 0 Å². The lowest BCUT2D eigenvalue weighted by Gasteiger charge is -2.09. The Bertz CT molecular complexity index is 712. The van der Waals surface area contributed by atoms with E-state index in [4.69, 9.17) is 17.3 Å². The number of nitrogens with one attached hydrogen (secondary N) is 1. The molecule has 0 radical (unpaired) electrons. The van der Waals surface area contributed by atoms with E-state index in [0.29, 0.717) is 12.1 Å². The molecule has 108 valence electrons. The topological polar surface area (TPSA) is 90.0 Å². The van der Waals surface area contributed by atoms with Gasteiger partial charge in [0, 0.05) is 37.6 Å². The van der Waals surface area contributed by atoms with Gasteiger partial charge < -0.3 is 5.73 Å². The molecule has 8 heteroatoms. The number of nitrogens with two attached hydrogens (primary N) is 1. The van der Waals surface area contributed by atoms with Gasteiger partial charge in [0.1, 0.15) is 4.90 Å². The third-order valence-corrected chi connectivity index (χ3v) is 4.78. The molecule has 0 unspecified atom stereocenters. The van der Waals surface area contributed by atoms with Gasteiger partial charge in [-0.3, -0.25) is 4.68 Å². The Kier molecular flexibility index (Phi) is 4.32. The van der Waals surface area contributed by atoms with Crippen LogP contribution in [-0.4, -0.2) is 24.7 Å². The fourth-order valence-corrected chi connectivity index (χ4v) is 3.33. The number of halogens is 1. The summed E-state index contributed by atoms with van der Waals surface area (Å²) in [5, 5.41) is 4.16. The standard InChI is InChI=1S/C12H15ClN4O2S/c1-17-10(4-6-15-17)5-7-16-20(18,19)12-8-9(14)2-3-11(12)13/h2-4,6,8,16H,5,7,14H2,1H3. The van der Waals surface area contributed by atoms with E-state index in [1.807, 2.05) is 6.07 Å². The zero-order valence-electron chi connectivity index (χ0n) is 10.9. The van der Waals surface area contributed by atoms with Crippen molar-refractivity contribution >= 4 is 27.3 Å². The second kappa shape index (κ2) is 5.82. The summed E-state index contributed by atoms with van der Waals surface area (Å²) in [6, 6.07) is 6.19. The van der Waals surface area contributed by atoms with Crippen LogP contribution in [0, 0.1) is 0 Å². The molecule has 2 rings (SSSR count). The van der Waals surface area contributed by atoms with Gasteiger partial charge in [-0.25, -0.2) is 13.1 Å². The molecule has 1 heterocycles. The van der Waals surface area contributed by atoms with Crippen LogP contribution in [0.1, 0.15) is 5.69 Å². The molecule has 0 atom stereocenters. The number of aromatic nitrogens is 2. The number of anilines is 1.